The van der Waals surface area contributed by atoms with Crippen LogP contribution in [0.25, 0.3) is 6.08 Å². The molecule has 2 heterocycles. The molecule has 0 bridgehead atoms. The summed E-state index contributed by atoms with van der Waals surface area (Å²) in [5.74, 6) is 0.462. The minimum atomic E-state index is -0.0288. The van der Waals surface area contributed by atoms with Crippen molar-refractivity contribution in [3.63, 3.8) is 0 Å². The molecule has 0 aliphatic carbocycles. The lowest BCUT2D eigenvalue weighted by atomic mass is 9.80. The van der Waals surface area contributed by atoms with Gasteiger partial charge in [-0.3, -0.25) is 9.69 Å². The van der Waals surface area contributed by atoms with E-state index in [1.807, 2.05) is 6.08 Å². The number of nitrogens with zero attached hydrogens (tertiary/aromatic N) is 2. The minimum Gasteiger partial charge on any atom is -0.369 e. The van der Waals surface area contributed by atoms with Crippen molar-refractivity contribution in [2.24, 2.45) is 0 Å². The summed E-state index contributed by atoms with van der Waals surface area (Å²) in [5, 5.41) is 0. The third-order valence-corrected chi connectivity index (χ3v) is 6.52. The Morgan fingerprint density at radius 3 is 2.84 bits per heavy atom. The summed E-state index contributed by atoms with van der Waals surface area (Å²) in [6.07, 6.45) is 4.77. The molecule has 0 spiro atoms. The lowest BCUT2D eigenvalue weighted by Gasteiger charge is -2.45. The van der Waals surface area contributed by atoms with Crippen molar-refractivity contribution in [3.8, 4) is 0 Å². The van der Waals surface area contributed by atoms with Crippen LogP contribution in [0.15, 0.2) is 35.8 Å². The summed E-state index contributed by atoms with van der Waals surface area (Å²) in [4.78, 5) is 17.1. The maximum atomic E-state index is 12.5. The van der Waals surface area contributed by atoms with Crippen molar-refractivity contribution in [2.45, 2.75) is 38.6 Å². The SMILES string of the molecule is C=CCN1C(=O)/C(=C/c2ccc3c(c2)[C@H](C)CC(C)(C)N3C)SC1=S. The highest BCUT2D eigenvalue weighted by Gasteiger charge is 2.34. The van der Waals surface area contributed by atoms with E-state index in [1.165, 1.54) is 23.0 Å². The fourth-order valence-electron chi connectivity index (χ4n) is 3.62. The molecule has 25 heavy (non-hydrogen) atoms. The van der Waals surface area contributed by atoms with Gasteiger partial charge in [-0.2, -0.15) is 0 Å². The molecular formula is C20H24N2OS2. The molecule has 0 radical (unpaired) electrons. The first kappa shape index (κ1) is 18.2. The summed E-state index contributed by atoms with van der Waals surface area (Å²) >= 11 is 6.67. The van der Waals surface area contributed by atoms with Gasteiger partial charge in [0.15, 0.2) is 0 Å². The summed E-state index contributed by atoms with van der Waals surface area (Å²) in [7, 11) is 2.16. The van der Waals surface area contributed by atoms with E-state index in [4.69, 9.17) is 12.2 Å². The van der Waals surface area contributed by atoms with Gasteiger partial charge in [0, 0.05) is 24.8 Å². The van der Waals surface area contributed by atoms with Crippen molar-refractivity contribution >= 4 is 46.0 Å². The molecule has 1 atom stereocenters. The topological polar surface area (TPSA) is 23.6 Å². The zero-order chi connectivity index (χ0) is 18.4. The van der Waals surface area contributed by atoms with Crippen LogP contribution in [-0.2, 0) is 4.79 Å². The van der Waals surface area contributed by atoms with Crippen LogP contribution in [0.3, 0.4) is 0 Å². The average Bonchev–Trinajstić information content (AvgIpc) is 2.80. The third-order valence-electron chi connectivity index (χ3n) is 5.14. The van der Waals surface area contributed by atoms with Crippen molar-refractivity contribution in [3.05, 3.63) is 46.9 Å². The number of fused-ring (bicyclic) bond motifs is 1. The van der Waals surface area contributed by atoms with Crippen LogP contribution in [0.1, 0.15) is 44.2 Å². The first-order chi connectivity index (χ1) is 11.7. The Bertz CT molecular complexity index is 782. The number of amides is 1. The molecule has 1 aromatic rings. The van der Waals surface area contributed by atoms with E-state index in [2.05, 4.69) is 57.5 Å². The highest BCUT2D eigenvalue weighted by atomic mass is 32.2. The van der Waals surface area contributed by atoms with E-state index in [-0.39, 0.29) is 11.4 Å². The smallest absolute Gasteiger partial charge is 0.266 e. The molecule has 5 heteroatoms. The molecule has 0 aromatic heterocycles. The van der Waals surface area contributed by atoms with E-state index in [1.54, 1.807) is 11.0 Å². The normalized spacial score (nSPS) is 24.0. The molecule has 0 N–H and O–H groups in total. The fourth-order valence-corrected chi connectivity index (χ4v) is 4.90. The zero-order valence-corrected chi connectivity index (χ0v) is 16.8. The number of rotatable bonds is 3. The molecule has 0 saturated carbocycles. The molecule has 1 aromatic carbocycles. The lowest BCUT2D eigenvalue weighted by Crippen LogP contribution is -2.45. The van der Waals surface area contributed by atoms with Crippen LogP contribution in [-0.4, -0.2) is 34.3 Å². The van der Waals surface area contributed by atoms with E-state index >= 15 is 0 Å². The maximum absolute atomic E-state index is 12.5. The Morgan fingerprint density at radius 2 is 2.16 bits per heavy atom. The van der Waals surface area contributed by atoms with E-state index in [9.17, 15) is 4.79 Å². The number of thiocarbonyl (C=S) groups is 1. The monoisotopic (exact) mass is 372 g/mol. The molecule has 1 amide bonds. The number of thioether (sulfide) groups is 1. The molecule has 3 rings (SSSR count). The number of anilines is 1. The van der Waals surface area contributed by atoms with E-state index in [0.717, 1.165) is 12.0 Å². The van der Waals surface area contributed by atoms with Crippen molar-refractivity contribution in [1.29, 1.82) is 0 Å². The standard InChI is InChI=1S/C20H24N2OS2/c1-6-9-22-18(23)17(25-19(22)24)11-14-7-8-16-15(10-14)13(2)12-20(3,4)21(16)5/h6-8,10-11,13H,1,9,12H2,2-5H3/b17-11-/t13-/m1/s1. The molecular weight excluding hydrogens is 348 g/mol. The Balaban J connectivity index is 1.94. The van der Waals surface area contributed by atoms with E-state index in [0.29, 0.717) is 21.7 Å². The maximum Gasteiger partial charge on any atom is 0.266 e. The molecule has 0 unspecified atom stereocenters. The predicted molar refractivity (Wildman–Crippen MR) is 112 cm³/mol. The van der Waals surface area contributed by atoms with Gasteiger partial charge in [-0.05, 0) is 55.5 Å². The van der Waals surface area contributed by atoms with Crippen molar-refractivity contribution in [2.75, 3.05) is 18.5 Å². The summed E-state index contributed by atoms with van der Waals surface area (Å²) in [6, 6.07) is 6.47. The summed E-state index contributed by atoms with van der Waals surface area (Å²) in [5.41, 5.74) is 3.83. The summed E-state index contributed by atoms with van der Waals surface area (Å²) in [6.45, 7) is 11.0. The van der Waals surface area contributed by atoms with Crippen LogP contribution in [0, 0.1) is 0 Å². The molecule has 132 valence electrons. The number of hydrogen-bond donors (Lipinski definition) is 0. The van der Waals surface area contributed by atoms with Crippen molar-refractivity contribution in [1.82, 2.24) is 4.90 Å². The Hall–Kier alpha value is -1.59. The van der Waals surface area contributed by atoms with Crippen LogP contribution in [0.4, 0.5) is 5.69 Å². The van der Waals surface area contributed by atoms with Gasteiger partial charge in [0.2, 0.25) is 0 Å². The molecule has 2 aliphatic rings. The molecule has 1 saturated heterocycles. The van der Waals surface area contributed by atoms with Gasteiger partial charge in [-0.15, -0.1) is 6.58 Å². The third kappa shape index (κ3) is 3.27. The van der Waals surface area contributed by atoms with Gasteiger partial charge in [-0.1, -0.05) is 43.0 Å². The number of carbonyl (C=O) groups is 1. The largest absolute Gasteiger partial charge is 0.369 e. The second kappa shape index (κ2) is 6.61. The van der Waals surface area contributed by atoms with Gasteiger partial charge in [-0.25, -0.2) is 0 Å². The van der Waals surface area contributed by atoms with Crippen molar-refractivity contribution < 1.29 is 4.79 Å². The van der Waals surface area contributed by atoms with Gasteiger partial charge < -0.3 is 4.90 Å². The van der Waals surface area contributed by atoms with Crippen LogP contribution < -0.4 is 4.90 Å². The highest BCUT2D eigenvalue weighted by Crippen LogP contribution is 2.43. The Kier molecular flexibility index (Phi) is 4.82. The Labute approximate surface area is 159 Å². The predicted octanol–water partition coefficient (Wildman–Crippen LogP) is 4.80. The molecule has 1 fully saturated rings. The number of carbonyl (C=O) groups excluding carboxylic acids is 1. The molecule has 2 aliphatic heterocycles. The second-order valence-corrected chi connectivity index (χ2v) is 9.05. The average molecular weight is 373 g/mol. The summed E-state index contributed by atoms with van der Waals surface area (Å²) < 4.78 is 0.601. The number of benzene rings is 1. The highest BCUT2D eigenvalue weighted by molar-refractivity contribution is 8.26. The van der Waals surface area contributed by atoms with Gasteiger partial charge >= 0.3 is 0 Å². The fraction of sp³-hybridized carbons (Fsp3) is 0.400. The van der Waals surface area contributed by atoms with Crippen LogP contribution in [0.2, 0.25) is 0 Å². The molecule has 3 nitrogen and oxygen atoms in total. The first-order valence-corrected chi connectivity index (χ1v) is 9.71. The van der Waals surface area contributed by atoms with Crippen LogP contribution >= 0.6 is 24.0 Å². The first-order valence-electron chi connectivity index (χ1n) is 8.48. The van der Waals surface area contributed by atoms with Gasteiger partial charge in [0.05, 0.1) is 4.91 Å². The lowest BCUT2D eigenvalue weighted by molar-refractivity contribution is -0.121. The zero-order valence-electron chi connectivity index (χ0n) is 15.2. The quantitative estimate of drug-likeness (QED) is 0.432. The van der Waals surface area contributed by atoms with Crippen LogP contribution in [0.5, 0.6) is 0 Å². The van der Waals surface area contributed by atoms with Gasteiger partial charge in [0.1, 0.15) is 4.32 Å². The Morgan fingerprint density at radius 1 is 1.44 bits per heavy atom. The van der Waals surface area contributed by atoms with E-state index < -0.39 is 0 Å². The van der Waals surface area contributed by atoms with Gasteiger partial charge in [0.25, 0.3) is 5.91 Å². The second-order valence-electron chi connectivity index (χ2n) is 7.38. The number of hydrogen-bond acceptors (Lipinski definition) is 4. The minimum absolute atomic E-state index is 0.0288.